The standard InChI is InChI=1S/C18H17IO7/c1-18(2,19)17(23)25-12-8-6-11(7-9-12)24-10-15(21)26-14-5-3-4-13(20)16(14)22/h3-9,20,22H,10H2,1-2H3. The molecular weight excluding hydrogens is 455 g/mol. The van der Waals surface area contributed by atoms with Crippen LogP contribution in [-0.2, 0) is 9.59 Å². The van der Waals surface area contributed by atoms with E-state index in [1.165, 1.54) is 18.2 Å². The number of benzene rings is 2. The van der Waals surface area contributed by atoms with Gasteiger partial charge in [0.25, 0.3) is 0 Å². The summed E-state index contributed by atoms with van der Waals surface area (Å²) in [5, 5.41) is 18.9. The number of halogens is 1. The number of hydrogen-bond acceptors (Lipinski definition) is 7. The zero-order valence-corrected chi connectivity index (χ0v) is 16.2. The number of hydrogen-bond donors (Lipinski definition) is 2. The Bertz CT molecular complexity index is 794. The summed E-state index contributed by atoms with van der Waals surface area (Å²) in [5.41, 5.74) is 0. The molecule has 0 atom stereocenters. The first-order chi connectivity index (χ1) is 12.2. The largest absolute Gasteiger partial charge is 0.504 e. The van der Waals surface area contributed by atoms with Crippen molar-refractivity contribution < 1.29 is 34.0 Å². The SMILES string of the molecule is CC(C)(I)C(=O)Oc1ccc(OCC(=O)Oc2cccc(O)c2O)cc1. The van der Waals surface area contributed by atoms with Crippen molar-refractivity contribution in [3.05, 3.63) is 42.5 Å². The Morgan fingerprint density at radius 2 is 1.62 bits per heavy atom. The van der Waals surface area contributed by atoms with Gasteiger partial charge < -0.3 is 24.4 Å². The summed E-state index contributed by atoms with van der Waals surface area (Å²) in [5.74, 6) is -1.48. The molecule has 2 aromatic rings. The predicted octanol–water partition coefficient (Wildman–Crippen LogP) is 3.20. The second-order valence-electron chi connectivity index (χ2n) is 5.72. The average Bonchev–Trinajstić information content (AvgIpc) is 2.57. The topological polar surface area (TPSA) is 102 Å². The maximum atomic E-state index is 11.8. The first-order valence-electron chi connectivity index (χ1n) is 7.52. The second-order valence-corrected chi connectivity index (χ2v) is 8.42. The fourth-order valence-corrected chi connectivity index (χ4v) is 1.83. The van der Waals surface area contributed by atoms with E-state index in [0.717, 1.165) is 0 Å². The van der Waals surface area contributed by atoms with Crippen molar-refractivity contribution in [2.75, 3.05) is 6.61 Å². The molecule has 0 fully saturated rings. The van der Waals surface area contributed by atoms with E-state index in [4.69, 9.17) is 14.2 Å². The molecule has 0 amide bonds. The van der Waals surface area contributed by atoms with Gasteiger partial charge >= 0.3 is 11.9 Å². The summed E-state index contributed by atoms with van der Waals surface area (Å²) >= 11 is 1.99. The van der Waals surface area contributed by atoms with Crippen LogP contribution < -0.4 is 14.2 Å². The highest BCUT2D eigenvalue weighted by Gasteiger charge is 2.25. The van der Waals surface area contributed by atoms with E-state index in [2.05, 4.69) is 0 Å². The van der Waals surface area contributed by atoms with Gasteiger partial charge in [0.2, 0.25) is 5.75 Å². The number of carbonyl (C=O) groups excluding carboxylic acids is 2. The minimum absolute atomic E-state index is 0.165. The van der Waals surface area contributed by atoms with Crippen LogP contribution in [0.4, 0.5) is 0 Å². The molecule has 2 N–H and O–H groups in total. The predicted molar refractivity (Wildman–Crippen MR) is 101 cm³/mol. The molecule has 0 unspecified atom stereocenters. The lowest BCUT2D eigenvalue weighted by molar-refractivity contribution is -0.137. The van der Waals surface area contributed by atoms with Crippen LogP contribution in [0.3, 0.4) is 0 Å². The van der Waals surface area contributed by atoms with Crippen LogP contribution in [0.2, 0.25) is 0 Å². The number of phenols is 2. The molecule has 0 aliphatic rings. The third kappa shape index (κ3) is 5.51. The fraction of sp³-hybridized carbons (Fsp3) is 0.222. The molecule has 0 aromatic heterocycles. The molecule has 0 saturated carbocycles. The van der Waals surface area contributed by atoms with Crippen molar-refractivity contribution in [1.82, 2.24) is 0 Å². The number of alkyl halides is 1. The highest BCUT2D eigenvalue weighted by Crippen LogP contribution is 2.34. The van der Waals surface area contributed by atoms with Gasteiger partial charge in [-0.25, -0.2) is 4.79 Å². The third-order valence-electron chi connectivity index (χ3n) is 3.08. The van der Waals surface area contributed by atoms with Gasteiger partial charge in [-0.15, -0.1) is 0 Å². The Balaban J connectivity index is 1.88. The lowest BCUT2D eigenvalue weighted by Gasteiger charge is -2.14. The van der Waals surface area contributed by atoms with E-state index in [1.807, 2.05) is 22.6 Å². The van der Waals surface area contributed by atoms with Gasteiger partial charge in [0.1, 0.15) is 14.9 Å². The Labute approximate surface area is 163 Å². The highest BCUT2D eigenvalue weighted by atomic mass is 127. The lowest BCUT2D eigenvalue weighted by Crippen LogP contribution is -2.28. The van der Waals surface area contributed by atoms with Crippen LogP contribution in [0.15, 0.2) is 42.5 Å². The first-order valence-corrected chi connectivity index (χ1v) is 8.60. The molecule has 0 spiro atoms. The Morgan fingerprint density at radius 1 is 1.00 bits per heavy atom. The summed E-state index contributed by atoms with van der Waals surface area (Å²) in [4.78, 5) is 23.6. The van der Waals surface area contributed by atoms with Gasteiger partial charge in [-0.3, -0.25) is 4.79 Å². The van der Waals surface area contributed by atoms with Crippen molar-refractivity contribution in [2.45, 2.75) is 17.3 Å². The molecule has 0 bridgehead atoms. The second kappa shape index (κ2) is 8.26. The van der Waals surface area contributed by atoms with E-state index in [1.54, 1.807) is 38.1 Å². The number of esters is 2. The number of phenolic OH excluding ortho intramolecular Hbond substituents is 2. The van der Waals surface area contributed by atoms with E-state index in [9.17, 15) is 19.8 Å². The van der Waals surface area contributed by atoms with Gasteiger partial charge in [-0.1, -0.05) is 28.7 Å². The van der Waals surface area contributed by atoms with Crippen LogP contribution >= 0.6 is 22.6 Å². The van der Waals surface area contributed by atoms with Crippen molar-refractivity contribution >= 4 is 34.5 Å². The van der Waals surface area contributed by atoms with Crippen LogP contribution in [0.5, 0.6) is 28.7 Å². The number of carbonyl (C=O) groups is 2. The molecule has 0 saturated heterocycles. The molecule has 138 valence electrons. The highest BCUT2D eigenvalue weighted by molar-refractivity contribution is 14.1. The normalized spacial score (nSPS) is 10.9. The van der Waals surface area contributed by atoms with Crippen molar-refractivity contribution in [2.24, 2.45) is 0 Å². The fourth-order valence-electron chi connectivity index (χ4n) is 1.72. The molecule has 0 heterocycles. The minimum atomic E-state index is -0.756. The molecule has 2 aromatic carbocycles. The van der Waals surface area contributed by atoms with Gasteiger partial charge in [0, 0.05) is 0 Å². The van der Waals surface area contributed by atoms with Crippen LogP contribution in [0, 0.1) is 0 Å². The van der Waals surface area contributed by atoms with Crippen molar-refractivity contribution in [3.63, 3.8) is 0 Å². The number of para-hydroxylation sites is 1. The van der Waals surface area contributed by atoms with Crippen LogP contribution in [0.1, 0.15) is 13.8 Å². The smallest absolute Gasteiger partial charge is 0.349 e. The molecule has 2 rings (SSSR count). The molecule has 26 heavy (non-hydrogen) atoms. The summed E-state index contributed by atoms with van der Waals surface area (Å²) < 4.78 is 14.8. The zero-order chi connectivity index (χ0) is 19.3. The molecule has 8 heteroatoms. The Kier molecular flexibility index (Phi) is 6.30. The van der Waals surface area contributed by atoms with Gasteiger partial charge in [-0.05, 0) is 50.2 Å². The van der Waals surface area contributed by atoms with E-state index >= 15 is 0 Å². The zero-order valence-electron chi connectivity index (χ0n) is 14.1. The summed E-state index contributed by atoms with van der Waals surface area (Å²) in [7, 11) is 0. The van der Waals surface area contributed by atoms with Crippen LogP contribution in [-0.4, -0.2) is 32.2 Å². The monoisotopic (exact) mass is 472 g/mol. The Hall–Kier alpha value is -2.49. The summed E-state index contributed by atoms with van der Waals surface area (Å²) in [6.45, 7) is 3.07. The van der Waals surface area contributed by atoms with Crippen molar-refractivity contribution in [3.8, 4) is 28.7 Å². The maximum Gasteiger partial charge on any atom is 0.349 e. The average molecular weight is 472 g/mol. The lowest BCUT2D eigenvalue weighted by atomic mass is 10.2. The quantitative estimate of drug-likeness (QED) is 0.219. The minimum Gasteiger partial charge on any atom is -0.504 e. The van der Waals surface area contributed by atoms with E-state index < -0.39 is 27.5 Å². The van der Waals surface area contributed by atoms with Gasteiger partial charge in [0.15, 0.2) is 18.1 Å². The molecule has 7 nitrogen and oxygen atoms in total. The summed E-state index contributed by atoms with van der Waals surface area (Å²) in [6.07, 6.45) is 0. The molecule has 0 radical (unpaired) electrons. The summed E-state index contributed by atoms with van der Waals surface area (Å²) in [6, 6.07) is 10.2. The van der Waals surface area contributed by atoms with E-state index in [-0.39, 0.29) is 11.7 Å². The molecular formula is C18H17IO7. The molecule has 0 aliphatic carbocycles. The first kappa shape index (κ1) is 19.8. The Morgan fingerprint density at radius 3 is 2.23 bits per heavy atom. The number of ether oxygens (including phenoxy) is 3. The maximum absolute atomic E-state index is 11.8. The third-order valence-corrected chi connectivity index (χ3v) is 3.52. The van der Waals surface area contributed by atoms with Crippen LogP contribution in [0.25, 0.3) is 0 Å². The van der Waals surface area contributed by atoms with Crippen molar-refractivity contribution in [1.29, 1.82) is 0 Å². The number of rotatable bonds is 6. The van der Waals surface area contributed by atoms with E-state index in [0.29, 0.717) is 11.5 Å². The van der Waals surface area contributed by atoms with Gasteiger partial charge in [-0.2, -0.15) is 0 Å². The van der Waals surface area contributed by atoms with Gasteiger partial charge in [0.05, 0.1) is 0 Å². The molecule has 0 aliphatic heterocycles. The number of aromatic hydroxyl groups is 2.